The molecule has 0 fully saturated rings. The molecular weight excluding hydrogens is 176 g/mol. The van der Waals surface area contributed by atoms with Gasteiger partial charge < -0.3 is 10.0 Å². The Morgan fingerprint density at radius 3 is 2.54 bits per heavy atom. The monoisotopic (exact) mass is 187 g/mol. The highest BCUT2D eigenvalue weighted by Crippen LogP contribution is 2.25. The number of phenols is 1. The standard InChI is InChI=1S/C9H11F2NO/c1-12(6-9(10)11)7-4-2-3-5-8(7)13/h2-5,9,13H,6H2,1H3. The molecule has 0 unspecified atom stereocenters. The maximum absolute atomic E-state index is 12.0. The lowest BCUT2D eigenvalue weighted by atomic mass is 10.3. The lowest BCUT2D eigenvalue weighted by Gasteiger charge is -2.19. The summed E-state index contributed by atoms with van der Waals surface area (Å²) >= 11 is 0. The van der Waals surface area contributed by atoms with Crippen LogP contribution in [0, 0.1) is 0 Å². The summed E-state index contributed by atoms with van der Waals surface area (Å²) in [5.74, 6) is 0.0191. The van der Waals surface area contributed by atoms with E-state index in [1.165, 1.54) is 18.0 Å². The summed E-state index contributed by atoms with van der Waals surface area (Å²) in [5.41, 5.74) is 0.419. The number of phenolic OH excluding ortho intramolecular Hbond substituents is 1. The molecule has 0 bridgehead atoms. The molecule has 4 heteroatoms. The van der Waals surface area contributed by atoms with Crippen LogP contribution in [0.25, 0.3) is 0 Å². The van der Waals surface area contributed by atoms with Gasteiger partial charge in [-0.05, 0) is 12.1 Å². The zero-order valence-electron chi connectivity index (χ0n) is 7.24. The Labute approximate surface area is 75.4 Å². The molecule has 0 heterocycles. The van der Waals surface area contributed by atoms with Gasteiger partial charge in [0.25, 0.3) is 6.43 Å². The minimum atomic E-state index is -2.40. The second-order valence-electron chi connectivity index (χ2n) is 2.76. The molecule has 1 N–H and O–H groups in total. The second-order valence-corrected chi connectivity index (χ2v) is 2.76. The number of alkyl halides is 2. The predicted molar refractivity (Wildman–Crippen MR) is 47.4 cm³/mol. The van der Waals surface area contributed by atoms with Crippen LogP contribution in [0.3, 0.4) is 0 Å². The zero-order valence-corrected chi connectivity index (χ0v) is 7.24. The van der Waals surface area contributed by atoms with Gasteiger partial charge in [-0.25, -0.2) is 8.78 Å². The number of benzene rings is 1. The Morgan fingerprint density at radius 1 is 1.38 bits per heavy atom. The van der Waals surface area contributed by atoms with Gasteiger partial charge in [0.1, 0.15) is 5.75 Å². The van der Waals surface area contributed by atoms with Gasteiger partial charge in [0.05, 0.1) is 12.2 Å². The highest BCUT2D eigenvalue weighted by molar-refractivity contribution is 5.56. The molecule has 0 aromatic heterocycles. The van der Waals surface area contributed by atoms with Gasteiger partial charge in [0, 0.05) is 7.05 Å². The van der Waals surface area contributed by atoms with E-state index in [4.69, 9.17) is 0 Å². The molecule has 0 saturated carbocycles. The van der Waals surface area contributed by atoms with Crippen LogP contribution in [0.4, 0.5) is 14.5 Å². The molecule has 1 rings (SSSR count). The van der Waals surface area contributed by atoms with Gasteiger partial charge >= 0.3 is 0 Å². The molecule has 72 valence electrons. The third-order valence-electron chi connectivity index (χ3n) is 1.70. The van der Waals surface area contributed by atoms with Crippen molar-refractivity contribution in [3.63, 3.8) is 0 Å². The van der Waals surface area contributed by atoms with Crippen molar-refractivity contribution in [1.29, 1.82) is 0 Å². The third-order valence-corrected chi connectivity index (χ3v) is 1.70. The lowest BCUT2D eigenvalue weighted by molar-refractivity contribution is 0.156. The Kier molecular flexibility index (Phi) is 3.06. The smallest absolute Gasteiger partial charge is 0.255 e. The van der Waals surface area contributed by atoms with Crippen LogP contribution in [-0.2, 0) is 0 Å². The summed E-state index contributed by atoms with van der Waals surface area (Å²) < 4.78 is 24.0. The molecule has 13 heavy (non-hydrogen) atoms. The Hall–Kier alpha value is -1.32. The molecule has 0 radical (unpaired) electrons. The SMILES string of the molecule is CN(CC(F)F)c1ccccc1O. The van der Waals surface area contributed by atoms with Crippen LogP contribution in [-0.4, -0.2) is 25.1 Å². The quantitative estimate of drug-likeness (QED) is 0.783. The van der Waals surface area contributed by atoms with E-state index in [1.807, 2.05) is 0 Å². The number of hydrogen-bond donors (Lipinski definition) is 1. The van der Waals surface area contributed by atoms with E-state index in [1.54, 1.807) is 18.2 Å². The van der Waals surface area contributed by atoms with Crippen LogP contribution < -0.4 is 4.90 Å². The number of anilines is 1. The first-order valence-corrected chi connectivity index (χ1v) is 3.88. The topological polar surface area (TPSA) is 23.5 Å². The van der Waals surface area contributed by atoms with Gasteiger partial charge in [-0.1, -0.05) is 12.1 Å². The van der Waals surface area contributed by atoms with Crippen LogP contribution in [0.1, 0.15) is 0 Å². The Balaban J connectivity index is 2.76. The van der Waals surface area contributed by atoms with Crippen LogP contribution in [0.2, 0.25) is 0 Å². The Bertz CT molecular complexity index is 278. The van der Waals surface area contributed by atoms with E-state index in [9.17, 15) is 13.9 Å². The molecular formula is C9H11F2NO. The summed E-state index contributed by atoms with van der Waals surface area (Å²) in [6, 6.07) is 6.40. The molecule has 0 atom stereocenters. The third kappa shape index (κ3) is 2.57. The van der Waals surface area contributed by atoms with Crippen molar-refractivity contribution in [3.8, 4) is 5.75 Å². The first kappa shape index (κ1) is 9.77. The molecule has 0 aliphatic rings. The minimum absolute atomic E-state index is 0.0191. The van der Waals surface area contributed by atoms with Crippen LogP contribution >= 0.6 is 0 Å². The molecule has 1 aromatic carbocycles. The average Bonchev–Trinajstić information content (AvgIpc) is 2.03. The van der Waals surface area contributed by atoms with E-state index in [0.29, 0.717) is 5.69 Å². The highest BCUT2D eigenvalue weighted by Gasteiger charge is 2.10. The summed E-state index contributed by atoms with van der Waals surface area (Å²) in [6.45, 7) is -0.377. The van der Waals surface area contributed by atoms with Crippen molar-refractivity contribution in [1.82, 2.24) is 0 Å². The molecule has 0 aliphatic heterocycles. The second kappa shape index (κ2) is 4.07. The average molecular weight is 187 g/mol. The minimum Gasteiger partial charge on any atom is -0.506 e. The van der Waals surface area contributed by atoms with Gasteiger partial charge in [-0.2, -0.15) is 0 Å². The molecule has 2 nitrogen and oxygen atoms in total. The van der Waals surface area contributed by atoms with E-state index in [-0.39, 0.29) is 12.3 Å². The summed E-state index contributed by atoms with van der Waals surface area (Å²) in [4.78, 5) is 1.32. The van der Waals surface area contributed by atoms with Gasteiger partial charge in [-0.15, -0.1) is 0 Å². The largest absolute Gasteiger partial charge is 0.506 e. The summed E-state index contributed by atoms with van der Waals surface area (Å²) in [5, 5.41) is 9.31. The highest BCUT2D eigenvalue weighted by atomic mass is 19.3. The fraction of sp³-hybridized carbons (Fsp3) is 0.333. The maximum Gasteiger partial charge on any atom is 0.255 e. The molecule has 1 aromatic rings. The lowest BCUT2D eigenvalue weighted by Crippen LogP contribution is -2.23. The summed E-state index contributed by atoms with van der Waals surface area (Å²) in [7, 11) is 1.52. The fourth-order valence-corrected chi connectivity index (χ4v) is 1.09. The number of hydrogen-bond acceptors (Lipinski definition) is 2. The number of rotatable bonds is 3. The van der Waals surface area contributed by atoms with E-state index >= 15 is 0 Å². The van der Waals surface area contributed by atoms with E-state index in [2.05, 4.69) is 0 Å². The van der Waals surface area contributed by atoms with E-state index in [0.717, 1.165) is 0 Å². The molecule has 0 saturated heterocycles. The van der Waals surface area contributed by atoms with E-state index < -0.39 is 6.43 Å². The molecule has 0 spiro atoms. The maximum atomic E-state index is 12.0. The van der Waals surface area contributed by atoms with Crippen molar-refractivity contribution < 1.29 is 13.9 Å². The van der Waals surface area contributed by atoms with Crippen LogP contribution in [0.5, 0.6) is 5.75 Å². The number of nitrogens with zero attached hydrogens (tertiary/aromatic N) is 1. The van der Waals surface area contributed by atoms with Crippen molar-refractivity contribution >= 4 is 5.69 Å². The number of para-hydroxylation sites is 2. The van der Waals surface area contributed by atoms with Crippen molar-refractivity contribution in [2.45, 2.75) is 6.43 Å². The molecule has 0 amide bonds. The summed E-state index contributed by atoms with van der Waals surface area (Å²) in [6.07, 6.45) is -2.40. The van der Waals surface area contributed by atoms with Crippen molar-refractivity contribution in [2.24, 2.45) is 0 Å². The van der Waals surface area contributed by atoms with Gasteiger partial charge in [0.2, 0.25) is 0 Å². The van der Waals surface area contributed by atoms with Gasteiger partial charge in [-0.3, -0.25) is 0 Å². The number of aromatic hydroxyl groups is 1. The fourth-order valence-electron chi connectivity index (χ4n) is 1.09. The Morgan fingerprint density at radius 2 is 2.00 bits per heavy atom. The first-order valence-electron chi connectivity index (χ1n) is 3.88. The molecule has 0 aliphatic carbocycles. The van der Waals surface area contributed by atoms with Gasteiger partial charge in [0.15, 0.2) is 0 Å². The predicted octanol–water partition coefficient (Wildman–Crippen LogP) is 2.09. The zero-order chi connectivity index (χ0) is 9.84. The van der Waals surface area contributed by atoms with Crippen molar-refractivity contribution in [3.05, 3.63) is 24.3 Å². The van der Waals surface area contributed by atoms with Crippen LogP contribution in [0.15, 0.2) is 24.3 Å². The normalized spacial score (nSPS) is 10.5. The number of halogens is 2. The van der Waals surface area contributed by atoms with Crippen molar-refractivity contribution in [2.75, 3.05) is 18.5 Å². The first-order chi connectivity index (χ1) is 6.11.